The molecule has 0 aliphatic rings. The van der Waals surface area contributed by atoms with Crippen LogP contribution in [-0.2, 0) is 30.8 Å². The quantitative estimate of drug-likeness (QED) is 0.789. The second-order valence-electron chi connectivity index (χ2n) is 4.77. The predicted molar refractivity (Wildman–Crippen MR) is 79.2 cm³/mol. The number of aromatic nitrogens is 4. The zero-order valence-corrected chi connectivity index (χ0v) is 13.3. The Labute approximate surface area is 120 Å². The molecule has 2 atom stereocenters. The minimum absolute atomic E-state index is 0.0710. The fourth-order valence-corrected chi connectivity index (χ4v) is 2.74. The van der Waals surface area contributed by atoms with Crippen LogP contribution in [0, 0.1) is 6.92 Å². The summed E-state index contributed by atoms with van der Waals surface area (Å²) in [7, 11) is 1.05. The van der Waals surface area contributed by atoms with Crippen LogP contribution in [0.1, 0.15) is 18.4 Å². The van der Waals surface area contributed by atoms with Crippen molar-refractivity contribution in [2.24, 2.45) is 7.05 Å². The maximum Gasteiger partial charge on any atom is 0.158 e. The van der Waals surface area contributed by atoms with E-state index < -0.39 is 10.8 Å². The topological polar surface area (TPSA) is 52.7 Å². The van der Waals surface area contributed by atoms with Gasteiger partial charge in [0.15, 0.2) is 5.65 Å². The van der Waals surface area contributed by atoms with Gasteiger partial charge in [-0.15, -0.1) is 11.6 Å². The molecule has 0 radical (unpaired) electrons. The van der Waals surface area contributed by atoms with E-state index >= 15 is 0 Å². The van der Waals surface area contributed by atoms with E-state index in [-0.39, 0.29) is 5.25 Å². The van der Waals surface area contributed by atoms with Gasteiger partial charge in [-0.1, -0.05) is 0 Å². The molecule has 2 rings (SSSR count). The molecular formula is C12H19ClN4OS. The summed E-state index contributed by atoms with van der Waals surface area (Å²) in [5, 5.41) is 4.46. The van der Waals surface area contributed by atoms with Gasteiger partial charge in [0.05, 0.1) is 5.69 Å². The van der Waals surface area contributed by atoms with E-state index in [9.17, 15) is 4.21 Å². The fourth-order valence-electron chi connectivity index (χ4n) is 2.21. The van der Waals surface area contributed by atoms with Crippen LogP contribution in [0.5, 0.6) is 0 Å². The van der Waals surface area contributed by atoms with Gasteiger partial charge in [-0.05, 0) is 13.8 Å². The van der Waals surface area contributed by atoms with Crippen molar-refractivity contribution in [3.63, 3.8) is 0 Å². The van der Waals surface area contributed by atoms with Crippen molar-refractivity contribution in [2.75, 3.05) is 12.1 Å². The van der Waals surface area contributed by atoms with Crippen molar-refractivity contribution >= 4 is 33.6 Å². The lowest BCUT2D eigenvalue weighted by Crippen LogP contribution is -2.20. The number of hydrogen-bond acceptors (Lipinski definition) is 3. The Kier molecular flexibility index (Phi) is 4.30. The van der Waals surface area contributed by atoms with Gasteiger partial charge in [0.25, 0.3) is 0 Å². The van der Waals surface area contributed by atoms with Crippen LogP contribution < -0.4 is 0 Å². The third kappa shape index (κ3) is 2.69. The van der Waals surface area contributed by atoms with Crippen molar-refractivity contribution in [3.05, 3.63) is 11.5 Å². The highest BCUT2D eigenvalue weighted by atomic mass is 35.5. The first kappa shape index (κ1) is 14.5. The van der Waals surface area contributed by atoms with Gasteiger partial charge in [0.2, 0.25) is 0 Å². The lowest BCUT2D eigenvalue weighted by atomic mass is 10.4. The Hall–Kier alpha value is -0.880. The highest BCUT2D eigenvalue weighted by Crippen LogP contribution is 2.20. The van der Waals surface area contributed by atoms with E-state index in [1.54, 1.807) is 6.26 Å². The number of halogens is 1. The van der Waals surface area contributed by atoms with Crippen LogP contribution >= 0.6 is 11.6 Å². The van der Waals surface area contributed by atoms with E-state index in [1.807, 2.05) is 25.6 Å². The Morgan fingerprint density at radius 1 is 1.47 bits per heavy atom. The van der Waals surface area contributed by atoms with Crippen molar-refractivity contribution in [1.82, 2.24) is 19.3 Å². The number of imidazole rings is 1. The van der Waals surface area contributed by atoms with Crippen LogP contribution in [0.3, 0.4) is 0 Å². The highest BCUT2D eigenvalue weighted by Gasteiger charge is 2.19. The van der Waals surface area contributed by atoms with Gasteiger partial charge < -0.3 is 4.57 Å². The number of aryl methyl sites for hydroxylation is 3. The summed E-state index contributed by atoms with van der Waals surface area (Å²) in [6.45, 7) is 4.60. The molecule has 0 aromatic carbocycles. The summed E-state index contributed by atoms with van der Waals surface area (Å²) < 4.78 is 15.5. The van der Waals surface area contributed by atoms with Crippen LogP contribution in [0.15, 0.2) is 0 Å². The monoisotopic (exact) mass is 302 g/mol. The normalized spacial score (nSPS) is 15.0. The van der Waals surface area contributed by atoms with E-state index in [0.717, 1.165) is 22.7 Å². The van der Waals surface area contributed by atoms with E-state index in [2.05, 4.69) is 14.6 Å². The van der Waals surface area contributed by atoms with Crippen LogP contribution in [0.4, 0.5) is 0 Å². The second kappa shape index (κ2) is 5.63. The van der Waals surface area contributed by atoms with Gasteiger partial charge in [-0.3, -0.25) is 8.89 Å². The van der Waals surface area contributed by atoms with Gasteiger partial charge >= 0.3 is 0 Å². The molecule has 2 aromatic heterocycles. The number of fused-ring (bicyclic) bond motifs is 1. The van der Waals surface area contributed by atoms with Crippen molar-refractivity contribution in [1.29, 1.82) is 0 Å². The molecule has 7 heteroatoms. The first-order chi connectivity index (χ1) is 8.95. The van der Waals surface area contributed by atoms with Crippen molar-refractivity contribution in [2.45, 2.75) is 32.1 Å². The summed E-state index contributed by atoms with van der Waals surface area (Å²) in [4.78, 5) is 4.63. The third-order valence-corrected chi connectivity index (χ3v) is 4.76. The molecular weight excluding hydrogens is 284 g/mol. The zero-order valence-electron chi connectivity index (χ0n) is 11.7. The molecule has 0 saturated carbocycles. The maximum absolute atomic E-state index is 11.6. The number of alkyl halides is 1. The fraction of sp³-hybridized carbons (Fsp3) is 0.667. The SMILES string of the molecule is Cc1nn(C)c2c1nc(CCCl)n2CC(C)S(C)=O. The number of nitrogens with zero attached hydrogens (tertiary/aromatic N) is 4. The van der Waals surface area contributed by atoms with E-state index in [4.69, 9.17) is 11.6 Å². The average Bonchev–Trinajstić information content (AvgIpc) is 2.80. The highest BCUT2D eigenvalue weighted by molar-refractivity contribution is 7.84. The molecule has 2 aromatic rings. The Balaban J connectivity index is 2.53. The summed E-state index contributed by atoms with van der Waals surface area (Å²) in [6, 6.07) is 0. The molecule has 0 amide bonds. The molecule has 0 bridgehead atoms. The molecule has 19 heavy (non-hydrogen) atoms. The third-order valence-electron chi connectivity index (χ3n) is 3.29. The van der Waals surface area contributed by atoms with Gasteiger partial charge in [0.1, 0.15) is 11.3 Å². The number of hydrogen-bond donors (Lipinski definition) is 0. The maximum atomic E-state index is 11.6. The minimum Gasteiger partial charge on any atom is -0.312 e. The van der Waals surface area contributed by atoms with Crippen LogP contribution in [-0.4, -0.2) is 40.9 Å². The lowest BCUT2D eigenvalue weighted by molar-refractivity contribution is 0.618. The molecule has 5 nitrogen and oxygen atoms in total. The largest absolute Gasteiger partial charge is 0.312 e. The number of rotatable bonds is 5. The summed E-state index contributed by atoms with van der Waals surface area (Å²) in [6.07, 6.45) is 2.44. The van der Waals surface area contributed by atoms with Crippen molar-refractivity contribution < 1.29 is 4.21 Å². The van der Waals surface area contributed by atoms with Crippen LogP contribution in [0.25, 0.3) is 11.2 Å². The van der Waals surface area contributed by atoms with Crippen LogP contribution in [0.2, 0.25) is 0 Å². The molecule has 2 heterocycles. The molecule has 0 spiro atoms. The molecule has 0 fully saturated rings. The molecule has 0 saturated heterocycles. The van der Waals surface area contributed by atoms with E-state index in [0.29, 0.717) is 18.8 Å². The Morgan fingerprint density at radius 2 is 2.16 bits per heavy atom. The molecule has 0 aliphatic heterocycles. The lowest BCUT2D eigenvalue weighted by Gasteiger charge is -2.13. The first-order valence-electron chi connectivity index (χ1n) is 6.22. The predicted octanol–water partition coefficient (Wildman–Crippen LogP) is 1.63. The minimum atomic E-state index is -0.861. The second-order valence-corrected chi connectivity index (χ2v) is 6.95. The van der Waals surface area contributed by atoms with Crippen molar-refractivity contribution in [3.8, 4) is 0 Å². The molecule has 106 valence electrons. The summed E-state index contributed by atoms with van der Waals surface area (Å²) in [5.74, 6) is 1.47. The Bertz CT molecular complexity index is 619. The van der Waals surface area contributed by atoms with Gasteiger partial charge in [-0.25, -0.2) is 4.98 Å². The van der Waals surface area contributed by atoms with Gasteiger partial charge in [0, 0.05) is 48.2 Å². The molecule has 2 unspecified atom stereocenters. The molecule has 0 N–H and O–H groups in total. The Morgan fingerprint density at radius 3 is 2.74 bits per heavy atom. The summed E-state index contributed by atoms with van der Waals surface area (Å²) in [5.41, 5.74) is 2.81. The summed E-state index contributed by atoms with van der Waals surface area (Å²) >= 11 is 5.85. The zero-order chi connectivity index (χ0) is 14.2. The first-order valence-corrected chi connectivity index (χ1v) is 8.38. The van der Waals surface area contributed by atoms with Gasteiger partial charge in [-0.2, -0.15) is 5.10 Å². The smallest absolute Gasteiger partial charge is 0.158 e. The molecule has 0 aliphatic carbocycles. The van der Waals surface area contributed by atoms with E-state index in [1.165, 1.54) is 0 Å². The average molecular weight is 303 g/mol. The standard InChI is InChI=1S/C12H19ClN4OS/c1-8(19(4)18)7-17-10(5-6-13)14-11-9(2)15-16(3)12(11)17/h8H,5-7H2,1-4H3.